The van der Waals surface area contributed by atoms with E-state index in [-0.39, 0.29) is 0 Å². The fraction of sp³-hybridized carbons (Fsp3) is 0.938. The smallest absolute Gasteiger partial charge is 0.222 e. The Hall–Kier alpha value is -0.610. The van der Waals surface area contributed by atoms with Crippen molar-refractivity contribution in [2.75, 3.05) is 32.7 Å². The molecule has 0 aromatic rings. The number of amides is 1. The number of hydrogen-bond donors (Lipinski definition) is 1. The van der Waals surface area contributed by atoms with Crippen LogP contribution in [-0.2, 0) is 4.79 Å². The summed E-state index contributed by atoms with van der Waals surface area (Å²) in [6.45, 7) is 9.19. The van der Waals surface area contributed by atoms with Crippen molar-refractivity contribution < 1.29 is 4.79 Å². The third kappa shape index (κ3) is 3.95. The van der Waals surface area contributed by atoms with Crippen LogP contribution in [0.5, 0.6) is 0 Å². The van der Waals surface area contributed by atoms with E-state index in [4.69, 9.17) is 5.73 Å². The van der Waals surface area contributed by atoms with Gasteiger partial charge in [-0.15, -0.1) is 0 Å². The maximum absolute atomic E-state index is 12.4. The number of rotatable bonds is 4. The molecule has 0 spiro atoms. The second-order valence-corrected chi connectivity index (χ2v) is 6.64. The first kappa shape index (κ1) is 15.8. The van der Waals surface area contributed by atoms with Gasteiger partial charge in [-0.05, 0) is 57.5 Å². The predicted octanol–water partition coefficient (Wildman–Crippen LogP) is 1.69. The van der Waals surface area contributed by atoms with Gasteiger partial charge in [-0.3, -0.25) is 9.69 Å². The minimum absolute atomic E-state index is 0.379. The maximum Gasteiger partial charge on any atom is 0.222 e. The Kier molecular flexibility index (Phi) is 5.85. The molecule has 2 rings (SSSR count). The van der Waals surface area contributed by atoms with Crippen molar-refractivity contribution in [3.05, 3.63) is 0 Å². The fourth-order valence-electron chi connectivity index (χ4n) is 3.74. The van der Waals surface area contributed by atoms with E-state index in [1.54, 1.807) is 0 Å². The molecule has 1 saturated heterocycles. The van der Waals surface area contributed by atoms with Crippen molar-refractivity contribution >= 4 is 5.91 Å². The molecule has 2 fully saturated rings. The van der Waals surface area contributed by atoms with E-state index in [1.807, 2.05) is 0 Å². The van der Waals surface area contributed by atoms with Crippen LogP contribution >= 0.6 is 0 Å². The standard InChI is InChI=1S/C16H31N3O/c1-3-18-8-9-19(12-13(18)2)16(20)10-14-4-6-15(11-17)7-5-14/h13-15H,3-12,17H2,1-2H3. The number of likely N-dealkylation sites (N-methyl/N-ethyl adjacent to an activating group) is 1. The van der Waals surface area contributed by atoms with Crippen molar-refractivity contribution in [1.82, 2.24) is 9.80 Å². The molecule has 0 radical (unpaired) electrons. The molecule has 1 aliphatic carbocycles. The van der Waals surface area contributed by atoms with Gasteiger partial charge in [0.05, 0.1) is 0 Å². The van der Waals surface area contributed by atoms with Crippen LogP contribution in [0.4, 0.5) is 0 Å². The van der Waals surface area contributed by atoms with Crippen molar-refractivity contribution in [3.8, 4) is 0 Å². The first-order valence-corrected chi connectivity index (χ1v) is 8.35. The Morgan fingerprint density at radius 3 is 2.35 bits per heavy atom. The normalized spacial score (nSPS) is 32.4. The van der Waals surface area contributed by atoms with Gasteiger partial charge in [0.2, 0.25) is 5.91 Å². The topological polar surface area (TPSA) is 49.6 Å². The molecule has 0 aromatic heterocycles. The van der Waals surface area contributed by atoms with Crippen LogP contribution in [0.25, 0.3) is 0 Å². The van der Waals surface area contributed by atoms with E-state index in [9.17, 15) is 4.79 Å². The second kappa shape index (κ2) is 7.41. The van der Waals surface area contributed by atoms with Crippen LogP contribution in [0.15, 0.2) is 0 Å². The molecule has 4 heteroatoms. The van der Waals surface area contributed by atoms with Crippen LogP contribution in [0.3, 0.4) is 0 Å². The van der Waals surface area contributed by atoms with Gasteiger partial charge in [-0.2, -0.15) is 0 Å². The molecule has 1 atom stereocenters. The zero-order valence-corrected chi connectivity index (χ0v) is 13.2. The molecule has 1 saturated carbocycles. The van der Waals surface area contributed by atoms with Crippen LogP contribution < -0.4 is 5.73 Å². The SMILES string of the molecule is CCN1CCN(C(=O)CC2CCC(CN)CC2)CC1C. The van der Waals surface area contributed by atoms with Gasteiger partial charge in [0.25, 0.3) is 0 Å². The third-order valence-corrected chi connectivity index (χ3v) is 5.29. The van der Waals surface area contributed by atoms with E-state index in [0.29, 0.717) is 23.8 Å². The summed E-state index contributed by atoms with van der Waals surface area (Å²) in [4.78, 5) is 17.0. The van der Waals surface area contributed by atoms with Gasteiger partial charge in [0.15, 0.2) is 0 Å². The highest BCUT2D eigenvalue weighted by molar-refractivity contribution is 5.76. The molecular formula is C16H31N3O. The van der Waals surface area contributed by atoms with Crippen LogP contribution in [-0.4, -0.2) is 54.5 Å². The minimum Gasteiger partial charge on any atom is -0.340 e. The Bertz CT molecular complexity index is 313. The minimum atomic E-state index is 0.379. The molecule has 1 heterocycles. The van der Waals surface area contributed by atoms with E-state index < -0.39 is 0 Å². The zero-order valence-electron chi connectivity index (χ0n) is 13.2. The van der Waals surface area contributed by atoms with Gasteiger partial charge >= 0.3 is 0 Å². The number of carbonyl (C=O) groups excluding carboxylic acids is 1. The fourth-order valence-corrected chi connectivity index (χ4v) is 3.74. The van der Waals surface area contributed by atoms with E-state index in [1.165, 1.54) is 25.7 Å². The lowest BCUT2D eigenvalue weighted by atomic mass is 9.80. The summed E-state index contributed by atoms with van der Waals surface area (Å²) >= 11 is 0. The van der Waals surface area contributed by atoms with E-state index in [2.05, 4.69) is 23.6 Å². The molecular weight excluding hydrogens is 250 g/mol. The van der Waals surface area contributed by atoms with Crippen molar-refractivity contribution in [3.63, 3.8) is 0 Å². The third-order valence-electron chi connectivity index (χ3n) is 5.29. The zero-order chi connectivity index (χ0) is 14.5. The number of nitrogens with two attached hydrogens (primary N) is 1. The highest BCUT2D eigenvalue weighted by Gasteiger charge is 2.28. The monoisotopic (exact) mass is 281 g/mol. The molecule has 2 aliphatic rings. The van der Waals surface area contributed by atoms with Gasteiger partial charge in [-0.25, -0.2) is 0 Å². The highest BCUT2D eigenvalue weighted by atomic mass is 16.2. The average molecular weight is 281 g/mol. The summed E-state index contributed by atoms with van der Waals surface area (Å²) in [6, 6.07) is 0.505. The molecule has 4 nitrogen and oxygen atoms in total. The van der Waals surface area contributed by atoms with Gasteiger partial charge in [0.1, 0.15) is 0 Å². The van der Waals surface area contributed by atoms with Crippen molar-refractivity contribution in [1.29, 1.82) is 0 Å². The Labute approximate surface area is 123 Å². The predicted molar refractivity (Wildman–Crippen MR) is 82.4 cm³/mol. The Morgan fingerprint density at radius 2 is 1.80 bits per heavy atom. The summed E-state index contributed by atoms with van der Waals surface area (Å²) in [5.74, 6) is 1.68. The molecule has 1 amide bonds. The molecule has 116 valence electrons. The maximum atomic E-state index is 12.4. The summed E-state index contributed by atoms with van der Waals surface area (Å²) < 4.78 is 0. The van der Waals surface area contributed by atoms with E-state index in [0.717, 1.165) is 39.1 Å². The second-order valence-electron chi connectivity index (χ2n) is 6.64. The Morgan fingerprint density at radius 1 is 1.15 bits per heavy atom. The van der Waals surface area contributed by atoms with Crippen molar-refractivity contribution in [2.24, 2.45) is 17.6 Å². The lowest BCUT2D eigenvalue weighted by Gasteiger charge is -2.40. The number of carbonyl (C=O) groups is 1. The Balaban J connectivity index is 1.75. The van der Waals surface area contributed by atoms with E-state index >= 15 is 0 Å². The average Bonchev–Trinajstić information content (AvgIpc) is 2.48. The molecule has 2 N–H and O–H groups in total. The number of hydrogen-bond acceptors (Lipinski definition) is 3. The number of nitrogens with zero attached hydrogens (tertiary/aromatic N) is 2. The molecule has 0 bridgehead atoms. The molecule has 1 aliphatic heterocycles. The molecule has 20 heavy (non-hydrogen) atoms. The van der Waals surface area contributed by atoms with Crippen molar-refractivity contribution in [2.45, 2.75) is 52.0 Å². The van der Waals surface area contributed by atoms with Gasteiger partial charge < -0.3 is 10.6 Å². The lowest BCUT2D eigenvalue weighted by molar-refractivity contribution is -0.135. The molecule has 0 aromatic carbocycles. The number of piperazine rings is 1. The lowest BCUT2D eigenvalue weighted by Crippen LogP contribution is -2.53. The highest BCUT2D eigenvalue weighted by Crippen LogP contribution is 2.30. The van der Waals surface area contributed by atoms with Crippen LogP contribution in [0.1, 0.15) is 46.0 Å². The van der Waals surface area contributed by atoms with Crippen LogP contribution in [0.2, 0.25) is 0 Å². The first-order chi connectivity index (χ1) is 9.63. The summed E-state index contributed by atoms with van der Waals surface area (Å²) in [6.07, 6.45) is 5.58. The first-order valence-electron chi connectivity index (χ1n) is 8.35. The van der Waals surface area contributed by atoms with Gasteiger partial charge in [0, 0.05) is 32.1 Å². The summed E-state index contributed by atoms with van der Waals surface area (Å²) in [5.41, 5.74) is 5.73. The van der Waals surface area contributed by atoms with Gasteiger partial charge in [-0.1, -0.05) is 6.92 Å². The quantitative estimate of drug-likeness (QED) is 0.853. The largest absolute Gasteiger partial charge is 0.340 e. The summed E-state index contributed by atoms with van der Waals surface area (Å²) in [7, 11) is 0. The molecule has 1 unspecified atom stereocenters. The van der Waals surface area contributed by atoms with Crippen LogP contribution in [0, 0.1) is 11.8 Å². The summed E-state index contributed by atoms with van der Waals surface area (Å²) in [5, 5.41) is 0.